The Morgan fingerprint density at radius 3 is 2.94 bits per heavy atom. The Bertz CT molecular complexity index is 498. The minimum atomic E-state index is 0.871. The van der Waals surface area contributed by atoms with E-state index in [2.05, 4.69) is 24.8 Å². The first-order valence-corrected chi connectivity index (χ1v) is 7.00. The molecule has 0 radical (unpaired) electrons. The molecule has 2 rings (SSSR count). The predicted octanol–water partition coefficient (Wildman–Crippen LogP) is 5.15. The maximum absolute atomic E-state index is 6.29. The van der Waals surface area contributed by atoms with Gasteiger partial charge >= 0.3 is 0 Å². The van der Waals surface area contributed by atoms with Gasteiger partial charge in [-0.15, -0.1) is 11.8 Å². The van der Waals surface area contributed by atoms with Crippen LogP contribution in [0.25, 0.3) is 0 Å². The molecule has 1 aliphatic heterocycles. The van der Waals surface area contributed by atoms with Gasteiger partial charge in [-0.2, -0.15) is 0 Å². The van der Waals surface area contributed by atoms with Crippen LogP contribution in [-0.2, 0) is 12.2 Å². The molecule has 0 saturated heterocycles. The fraction of sp³-hybridized carbons (Fsp3) is 0.200. The lowest BCUT2D eigenvalue weighted by Gasteiger charge is -2.07. The molecule has 0 amide bonds. The lowest BCUT2D eigenvalue weighted by molar-refractivity contribution is 1.16. The van der Waals surface area contributed by atoms with E-state index < -0.39 is 0 Å². The molecule has 0 aliphatic carbocycles. The number of thioether (sulfide) groups is 1. The van der Waals surface area contributed by atoms with Gasteiger partial charge in [0.25, 0.3) is 0 Å². The second-order valence-corrected chi connectivity index (χ2v) is 5.36. The number of hydrogen-bond acceptors (Lipinski definition) is 1. The third-order valence-corrected chi connectivity index (χ3v) is 4.39. The van der Waals surface area contributed by atoms with E-state index in [1.165, 1.54) is 21.6 Å². The van der Waals surface area contributed by atoms with E-state index in [-0.39, 0.29) is 0 Å². The lowest BCUT2D eigenvalue weighted by atomic mass is 10.00. The average Bonchev–Trinajstić information content (AvgIpc) is 2.50. The van der Waals surface area contributed by atoms with Crippen molar-refractivity contribution in [3.63, 3.8) is 0 Å². The molecule has 1 aromatic carbocycles. The molecule has 1 heterocycles. The SMILES string of the molecule is C=CC1=C(/C=C\C)Cc2c(Cl)cccc2CS1. The quantitative estimate of drug-likeness (QED) is 0.711. The third kappa shape index (κ3) is 2.67. The summed E-state index contributed by atoms with van der Waals surface area (Å²) in [4.78, 5) is 1.26. The van der Waals surface area contributed by atoms with Gasteiger partial charge < -0.3 is 0 Å². The number of rotatable bonds is 2. The van der Waals surface area contributed by atoms with Crippen molar-refractivity contribution in [2.24, 2.45) is 0 Å². The monoisotopic (exact) mass is 262 g/mol. The first-order valence-electron chi connectivity index (χ1n) is 5.63. The Kier molecular flexibility index (Phi) is 4.14. The van der Waals surface area contributed by atoms with Crippen molar-refractivity contribution < 1.29 is 0 Å². The topological polar surface area (TPSA) is 0 Å². The average molecular weight is 263 g/mol. The number of halogens is 1. The molecule has 0 atom stereocenters. The Morgan fingerprint density at radius 2 is 2.24 bits per heavy atom. The van der Waals surface area contributed by atoms with Crippen molar-refractivity contribution >= 4 is 23.4 Å². The number of fused-ring (bicyclic) bond motifs is 1. The number of hydrogen-bond donors (Lipinski definition) is 0. The van der Waals surface area contributed by atoms with Gasteiger partial charge in [-0.05, 0) is 29.7 Å². The summed E-state index contributed by atoms with van der Waals surface area (Å²) in [6.07, 6.45) is 7.07. The summed E-state index contributed by atoms with van der Waals surface area (Å²) in [5.74, 6) is 0.971. The highest BCUT2D eigenvalue weighted by molar-refractivity contribution is 8.02. The van der Waals surface area contributed by atoms with E-state index in [0.29, 0.717) is 0 Å². The van der Waals surface area contributed by atoms with Gasteiger partial charge in [0.05, 0.1) is 0 Å². The van der Waals surface area contributed by atoms with Gasteiger partial charge in [0.2, 0.25) is 0 Å². The van der Waals surface area contributed by atoms with Crippen LogP contribution in [0.1, 0.15) is 18.1 Å². The maximum Gasteiger partial charge on any atom is 0.0444 e. The van der Waals surface area contributed by atoms with Gasteiger partial charge in [-0.25, -0.2) is 0 Å². The van der Waals surface area contributed by atoms with E-state index in [9.17, 15) is 0 Å². The number of allylic oxidation sites excluding steroid dienone is 4. The summed E-state index contributed by atoms with van der Waals surface area (Å²) in [6, 6.07) is 6.15. The minimum Gasteiger partial charge on any atom is -0.121 e. The summed E-state index contributed by atoms with van der Waals surface area (Å²) in [5, 5.41) is 0.871. The molecule has 0 N–H and O–H groups in total. The lowest BCUT2D eigenvalue weighted by Crippen LogP contribution is -1.93. The van der Waals surface area contributed by atoms with Crippen LogP contribution in [0, 0.1) is 0 Å². The molecule has 0 aromatic heterocycles. The minimum absolute atomic E-state index is 0.871. The Hall–Kier alpha value is -0.920. The third-order valence-electron chi connectivity index (χ3n) is 2.84. The summed E-state index contributed by atoms with van der Waals surface area (Å²) < 4.78 is 0. The van der Waals surface area contributed by atoms with E-state index in [0.717, 1.165) is 17.2 Å². The van der Waals surface area contributed by atoms with E-state index in [1.807, 2.05) is 36.9 Å². The zero-order chi connectivity index (χ0) is 12.3. The fourth-order valence-electron chi connectivity index (χ4n) is 1.99. The molecule has 0 nitrogen and oxygen atoms in total. The fourth-order valence-corrected chi connectivity index (χ4v) is 3.28. The normalized spacial score (nSPS) is 15.9. The van der Waals surface area contributed by atoms with Gasteiger partial charge in [0, 0.05) is 22.1 Å². The zero-order valence-electron chi connectivity index (χ0n) is 9.87. The van der Waals surface area contributed by atoms with Crippen LogP contribution in [-0.4, -0.2) is 0 Å². The molecule has 1 aromatic rings. The molecule has 0 fully saturated rings. The van der Waals surface area contributed by atoms with Crippen molar-refractivity contribution in [3.05, 3.63) is 69.6 Å². The van der Waals surface area contributed by atoms with Crippen LogP contribution in [0.15, 0.2) is 53.5 Å². The summed E-state index contributed by atoms with van der Waals surface area (Å²) >= 11 is 8.12. The van der Waals surface area contributed by atoms with Crippen molar-refractivity contribution in [1.82, 2.24) is 0 Å². The zero-order valence-corrected chi connectivity index (χ0v) is 11.4. The molecule has 88 valence electrons. The molecule has 17 heavy (non-hydrogen) atoms. The van der Waals surface area contributed by atoms with E-state index in [4.69, 9.17) is 11.6 Å². The highest BCUT2D eigenvalue weighted by atomic mass is 35.5. The van der Waals surface area contributed by atoms with Crippen LogP contribution < -0.4 is 0 Å². The first kappa shape index (κ1) is 12.5. The second kappa shape index (κ2) is 5.61. The molecule has 1 aliphatic rings. The van der Waals surface area contributed by atoms with Crippen molar-refractivity contribution in [1.29, 1.82) is 0 Å². The van der Waals surface area contributed by atoms with E-state index in [1.54, 1.807) is 0 Å². The highest BCUT2D eigenvalue weighted by Gasteiger charge is 2.15. The molecule has 0 saturated carbocycles. The van der Waals surface area contributed by atoms with Gasteiger partial charge in [0.1, 0.15) is 0 Å². The van der Waals surface area contributed by atoms with Crippen LogP contribution in [0.3, 0.4) is 0 Å². The van der Waals surface area contributed by atoms with Crippen LogP contribution in [0.5, 0.6) is 0 Å². The molecule has 0 bridgehead atoms. The molecule has 0 unspecified atom stereocenters. The molecular formula is C15H15ClS. The van der Waals surface area contributed by atoms with Gasteiger partial charge in [-0.1, -0.05) is 48.5 Å². The Morgan fingerprint density at radius 1 is 1.41 bits per heavy atom. The van der Waals surface area contributed by atoms with Crippen molar-refractivity contribution in [2.45, 2.75) is 19.1 Å². The van der Waals surface area contributed by atoms with Crippen LogP contribution in [0.2, 0.25) is 5.02 Å². The number of benzene rings is 1. The second-order valence-electron chi connectivity index (χ2n) is 3.94. The molecule has 0 spiro atoms. The first-order chi connectivity index (χ1) is 8.26. The highest BCUT2D eigenvalue weighted by Crippen LogP contribution is 2.36. The Labute approximate surface area is 112 Å². The maximum atomic E-state index is 6.29. The molecular weight excluding hydrogens is 248 g/mol. The molecule has 2 heteroatoms. The van der Waals surface area contributed by atoms with Crippen LogP contribution >= 0.6 is 23.4 Å². The smallest absolute Gasteiger partial charge is 0.0444 e. The van der Waals surface area contributed by atoms with Crippen LogP contribution in [0.4, 0.5) is 0 Å². The Balaban J connectivity index is 2.48. The van der Waals surface area contributed by atoms with Crippen molar-refractivity contribution in [2.75, 3.05) is 0 Å². The van der Waals surface area contributed by atoms with Crippen molar-refractivity contribution in [3.8, 4) is 0 Å². The largest absolute Gasteiger partial charge is 0.121 e. The van der Waals surface area contributed by atoms with E-state index >= 15 is 0 Å². The predicted molar refractivity (Wildman–Crippen MR) is 78.5 cm³/mol. The van der Waals surface area contributed by atoms with Gasteiger partial charge in [-0.3, -0.25) is 0 Å². The summed E-state index contributed by atoms with van der Waals surface area (Å²) in [5.41, 5.74) is 3.90. The summed E-state index contributed by atoms with van der Waals surface area (Å²) in [7, 11) is 0. The van der Waals surface area contributed by atoms with Gasteiger partial charge in [0.15, 0.2) is 0 Å². The standard InChI is InChI=1S/C15H15ClS/c1-3-6-11-9-13-12(7-5-8-14(13)16)10-17-15(11)4-2/h3-8H,2,9-10H2,1H3/b6-3-. The summed E-state index contributed by atoms with van der Waals surface area (Å²) in [6.45, 7) is 5.94.